The monoisotopic (exact) mass is 273 g/mol. The van der Waals surface area contributed by atoms with Gasteiger partial charge in [-0.05, 0) is 43.4 Å². The van der Waals surface area contributed by atoms with Gasteiger partial charge in [0.05, 0.1) is 0 Å². The van der Waals surface area contributed by atoms with E-state index in [1.54, 1.807) is 0 Å². The number of piperazine rings is 1. The number of hydrogen-bond donors (Lipinski definition) is 1. The van der Waals surface area contributed by atoms with Gasteiger partial charge in [0.1, 0.15) is 0 Å². The number of nitrogens with zero attached hydrogens (tertiary/aromatic N) is 2. The van der Waals surface area contributed by atoms with Crippen molar-refractivity contribution < 1.29 is 0 Å². The second kappa shape index (κ2) is 6.68. The summed E-state index contributed by atoms with van der Waals surface area (Å²) in [4.78, 5) is 6.85. The Morgan fingerprint density at radius 2 is 1.95 bits per heavy atom. The summed E-state index contributed by atoms with van der Waals surface area (Å²) in [6, 6.07) is 5.64. The normalized spacial score (nSPS) is 29.4. The first-order valence-corrected chi connectivity index (χ1v) is 8.19. The third-order valence-electron chi connectivity index (χ3n) is 4.98. The van der Waals surface area contributed by atoms with Crippen LogP contribution in [-0.2, 0) is 6.54 Å². The van der Waals surface area contributed by atoms with E-state index in [9.17, 15) is 0 Å². The largest absolute Gasteiger partial charge is 0.311 e. The highest BCUT2D eigenvalue weighted by atomic mass is 15.2. The van der Waals surface area contributed by atoms with E-state index in [2.05, 4.69) is 34.3 Å². The van der Waals surface area contributed by atoms with Crippen molar-refractivity contribution in [2.24, 2.45) is 5.92 Å². The zero-order valence-corrected chi connectivity index (χ0v) is 12.6. The number of pyridine rings is 1. The Bertz CT molecular complexity index is 400. The van der Waals surface area contributed by atoms with Crippen LogP contribution in [0.25, 0.3) is 0 Å². The Kier molecular flexibility index (Phi) is 4.69. The van der Waals surface area contributed by atoms with Crippen molar-refractivity contribution in [3.8, 4) is 0 Å². The van der Waals surface area contributed by atoms with Crippen molar-refractivity contribution in [3.63, 3.8) is 0 Å². The molecule has 110 valence electrons. The molecule has 0 radical (unpaired) electrons. The van der Waals surface area contributed by atoms with Crippen molar-refractivity contribution in [3.05, 3.63) is 30.1 Å². The molecule has 0 amide bonds. The Hall–Kier alpha value is -0.930. The van der Waals surface area contributed by atoms with Crippen molar-refractivity contribution in [2.75, 3.05) is 13.1 Å². The molecule has 1 aromatic heterocycles. The molecule has 0 aromatic carbocycles. The van der Waals surface area contributed by atoms with E-state index in [1.165, 1.54) is 44.2 Å². The minimum absolute atomic E-state index is 0.608. The van der Waals surface area contributed by atoms with Crippen LogP contribution < -0.4 is 5.32 Å². The van der Waals surface area contributed by atoms with E-state index >= 15 is 0 Å². The van der Waals surface area contributed by atoms with Crippen molar-refractivity contribution in [1.82, 2.24) is 15.2 Å². The maximum atomic E-state index is 4.13. The SMILES string of the molecule is CC1CN(Cc2ccncc2)C(C2CCCCC2)CN1. The van der Waals surface area contributed by atoms with Gasteiger partial charge in [0.25, 0.3) is 0 Å². The first kappa shape index (κ1) is 14.0. The number of rotatable bonds is 3. The van der Waals surface area contributed by atoms with Crippen LogP contribution in [0, 0.1) is 5.92 Å². The van der Waals surface area contributed by atoms with Crippen LogP contribution in [0.4, 0.5) is 0 Å². The molecule has 1 saturated carbocycles. The Labute approximate surface area is 122 Å². The highest BCUT2D eigenvalue weighted by Gasteiger charge is 2.32. The van der Waals surface area contributed by atoms with Gasteiger partial charge in [0.15, 0.2) is 0 Å². The highest BCUT2D eigenvalue weighted by molar-refractivity contribution is 5.10. The minimum Gasteiger partial charge on any atom is -0.311 e. The summed E-state index contributed by atoms with van der Waals surface area (Å²) < 4.78 is 0. The number of hydrogen-bond acceptors (Lipinski definition) is 3. The highest BCUT2D eigenvalue weighted by Crippen LogP contribution is 2.30. The molecule has 1 aromatic rings. The lowest BCUT2D eigenvalue weighted by molar-refractivity contribution is 0.0689. The van der Waals surface area contributed by atoms with Gasteiger partial charge < -0.3 is 5.32 Å². The van der Waals surface area contributed by atoms with Gasteiger partial charge in [0.2, 0.25) is 0 Å². The van der Waals surface area contributed by atoms with Crippen LogP contribution in [0.3, 0.4) is 0 Å². The van der Waals surface area contributed by atoms with E-state index in [1.807, 2.05) is 12.4 Å². The van der Waals surface area contributed by atoms with Crippen molar-refractivity contribution >= 4 is 0 Å². The number of nitrogens with one attached hydrogen (secondary N) is 1. The van der Waals surface area contributed by atoms with Gasteiger partial charge in [-0.1, -0.05) is 19.3 Å². The molecular formula is C17H27N3. The fourth-order valence-corrected chi connectivity index (χ4v) is 3.89. The zero-order valence-electron chi connectivity index (χ0n) is 12.6. The Morgan fingerprint density at radius 3 is 2.70 bits per heavy atom. The second-order valence-corrected chi connectivity index (χ2v) is 6.56. The molecule has 2 atom stereocenters. The van der Waals surface area contributed by atoms with Gasteiger partial charge >= 0.3 is 0 Å². The lowest BCUT2D eigenvalue weighted by atomic mass is 9.82. The molecule has 1 saturated heterocycles. The summed E-state index contributed by atoms with van der Waals surface area (Å²) in [6.07, 6.45) is 11.0. The molecule has 1 aliphatic carbocycles. The van der Waals surface area contributed by atoms with Gasteiger partial charge in [0, 0.05) is 44.1 Å². The summed E-state index contributed by atoms with van der Waals surface area (Å²) in [5.41, 5.74) is 1.40. The lowest BCUT2D eigenvalue weighted by Gasteiger charge is -2.44. The van der Waals surface area contributed by atoms with Crippen LogP contribution in [0.1, 0.15) is 44.6 Å². The van der Waals surface area contributed by atoms with Gasteiger partial charge in [-0.3, -0.25) is 9.88 Å². The molecule has 2 fully saturated rings. The van der Waals surface area contributed by atoms with Crippen LogP contribution >= 0.6 is 0 Å². The predicted octanol–water partition coefficient (Wildman–Crippen LogP) is 2.82. The molecule has 0 spiro atoms. The minimum atomic E-state index is 0.608. The number of aromatic nitrogens is 1. The summed E-state index contributed by atoms with van der Waals surface area (Å²) in [7, 11) is 0. The maximum absolute atomic E-state index is 4.13. The fourth-order valence-electron chi connectivity index (χ4n) is 3.89. The molecule has 2 aliphatic rings. The average Bonchev–Trinajstić information content (AvgIpc) is 2.49. The van der Waals surface area contributed by atoms with Gasteiger partial charge in [-0.25, -0.2) is 0 Å². The van der Waals surface area contributed by atoms with Gasteiger partial charge in [-0.15, -0.1) is 0 Å². The fraction of sp³-hybridized carbons (Fsp3) is 0.706. The topological polar surface area (TPSA) is 28.2 Å². The molecule has 1 aliphatic heterocycles. The third-order valence-corrected chi connectivity index (χ3v) is 4.98. The molecule has 2 heterocycles. The van der Waals surface area contributed by atoms with E-state index in [4.69, 9.17) is 0 Å². The smallest absolute Gasteiger partial charge is 0.0271 e. The predicted molar refractivity (Wildman–Crippen MR) is 82.5 cm³/mol. The molecule has 1 N–H and O–H groups in total. The first-order valence-electron chi connectivity index (χ1n) is 8.19. The molecule has 0 bridgehead atoms. The first-order chi connectivity index (χ1) is 9.83. The summed E-state index contributed by atoms with van der Waals surface area (Å²) in [6.45, 7) is 5.72. The van der Waals surface area contributed by atoms with E-state index < -0.39 is 0 Å². The summed E-state index contributed by atoms with van der Waals surface area (Å²) >= 11 is 0. The summed E-state index contributed by atoms with van der Waals surface area (Å²) in [5, 5.41) is 3.69. The molecule has 20 heavy (non-hydrogen) atoms. The van der Waals surface area contributed by atoms with E-state index in [0.717, 1.165) is 25.0 Å². The lowest BCUT2D eigenvalue weighted by Crippen LogP contribution is -2.57. The van der Waals surface area contributed by atoms with E-state index in [0.29, 0.717) is 6.04 Å². The zero-order chi connectivity index (χ0) is 13.8. The third kappa shape index (κ3) is 3.39. The molecule has 3 heteroatoms. The van der Waals surface area contributed by atoms with Crippen molar-refractivity contribution in [2.45, 2.75) is 57.7 Å². The van der Waals surface area contributed by atoms with E-state index in [-0.39, 0.29) is 0 Å². The Balaban J connectivity index is 1.69. The maximum Gasteiger partial charge on any atom is 0.0271 e. The van der Waals surface area contributed by atoms with Crippen LogP contribution in [0.2, 0.25) is 0 Å². The molecular weight excluding hydrogens is 246 g/mol. The standard InChI is InChI=1S/C17H27N3/c1-14-12-20(13-15-7-9-18-10-8-15)17(11-19-14)16-5-3-2-4-6-16/h7-10,14,16-17,19H,2-6,11-13H2,1H3. The van der Waals surface area contributed by atoms with Crippen LogP contribution in [-0.4, -0.2) is 35.1 Å². The Morgan fingerprint density at radius 1 is 1.20 bits per heavy atom. The quantitative estimate of drug-likeness (QED) is 0.918. The van der Waals surface area contributed by atoms with Crippen LogP contribution in [0.15, 0.2) is 24.5 Å². The second-order valence-electron chi connectivity index (χ2n) is 6.56. The van der Waals surface area contributed by atoms with Gasteiger partial charge in [-0.2, -0.15) is 0 Å². The van der Waals surface area contributed by atoms with Crippen molar-refractivity contribution in [1.29, 1.82) is 0 Å². The molecule has 2 unspecified atom stereocenters. The summed E-state index contributed by atoms with van der Waals surface area (Å²) in [5.74, 6) is 0.894. The molecule has 3 nitrogen and oxygen atoms in total. The van der Waals surface area contributed by atoms with Crippen LogP contribution in [0.5, 0.6) is 0 Å². The average molecular weight is 273 g/mol. The molecule has 3 rings (SSSR count).